The summed E-state index contributed by atoms with van der Waals surface area (Å²) in [5.41, 5.74) is 1.72. The molecule has 2 aliphatic rings. The molecular weight excluding hydrogens is 521 g/mol. The number of alkyl halides is 1. The van der Waals surface area contributed by atoms with Gasteiger partial charge in [0.25, 0.3) is 11.4 Å². The smallest absolute Gasteiger partial charge is 0.296 e. The van der Waals surface area contributed by atoms with Crippen LogP contribution in [0.2, 0.25) is 0 Å². The Morgan fingerprint density at radius 2 is 1.78 bits per heavy atom. The second-order valence-electron chi connectivity index (χ2n) is 9.02. The standard InChI is InChI=1S/C26H23ClFN3O5S/c1-2-36-16-11-17-23-18(13-22(24(23)27)37-21-6-4-3-5-19(21)30(32)33)25(14-7-9-15(28)10-8-14)29-26(17)20(12-16)31(34)35/h3-12,18,22-25,29H,2,13H2,1H3/t18-,22-,23-,24-,25-/m1/s1. The first kappa shape index (κ1) is 25.3. The van der Waals surface area contributed by atoms with Crippen molar-refractivity contribution in [3.05, 3.63) is 97.8 Å². The van der Waals surface area contributed by atoms with Crippen LogP contribution in [0.1, 0.15) is 36.4 Å². The van der Waals surface area contributed by atoms with Crippen molar-refractivity contribution in [3.8, 4) is 5.75 Å². The molecule has 1 aliphatic carbocycles. The van der Waals surface area contributed by atoms with Crippen molar-refractivity contribution in [1.29, 1.82) is 0 Å². The topological polar surface area (TPSA) is 108 Å². The van der Waals surface area contributed by atoms with Crippen molar-refractivity contribution in [2.24, 2.45) is 5.92 Å². The quantitative estimate of drug-likeness (QED) is 0.193. The molecule has 11 heteroatoms. The van der Waals surface area contributed by atoms with E-state index >= 15 is 0 Å². The highest BCUT2D eigenvalue weighted by Crippen LogP contribution is 2.59. The molecule has 0 unspecified atom stereocenters. The van der Waals surface area contributed by atoms with Crippen LogP contribution in [0.15, 0.2) is 65.6 Å². The fourth-order valence-corrected chi connectivity index (χ4v) is 7.39. The number of ether oxygens (including phenoxy) is 1. The van der Waals surface area contributed by atoms with Gasteiger partial charge in [-0.15, -0.1) is 23.4 Å². The van der Waals surface area contributed by atoms with Gasteiger partial charge in [0.2, 0.25) is 0 Å². The number of hydrogen-bond acceptors (Lipinski definition) is 7. The summed E-state index contributed by atoms with van der Waals surface area (Å²) in [6, 6.07) is 15.4. The molecule has 3 aromatic rings. The number of benzene rings is 3. The number of para-hydroxylation sites is 1. The van der Waals surface area contributed by atoms with Gasteiger partial charge in [-0.3, -0.25) is 20.2 Å². The maximum atomic E-state index is 13.7. The molecular formula is C26H23ClFN3O5S. The van der Waals surface area contributed by atoms with Crippen molar-refractivity contribution in [3.63, 3.8) is 0 Å². The molecule has 0 bridgehead atoms. The first-order chi connectivity index (χ1) is 17.8. The lowest BCUT2D eigenvalue weighted by atomic mass is 9.77. The minimum atomic E-state index is -0.477. The summed E-state index contributed by atoms with van der Waals surface area (Å²) in [6.45, 7) is 2.15. The highest BCUT2D eigenvalue weighted by molar-refractivity contribution is 8.00. The van der Waals surface area contributed by atoms with Gasteiger partial charge < -0.3 is 10.1 Å². The third-order valence-corrected chi connectivity index (χ3v) is 9.06. The summed E-state index contributed by atoms with van der Waals surface area (Å²) < 4.78 is 19.4. The molecule has 1 heterocycles. The van der Waals surface area contributed by atoms with Crippen LogP contribution in [-0.4, -0.2) is 27.1 Å². The Labute approximate surface area is 221 Å². The molecule has 1 saturated carbocycles. The van der Waals surface area contributed by atoms with Gasteiger partial charge in [-0.25, -0.2) is 4.39 Å². The summed E-state index contributed by atoms with van der Waals surface area (Å²) in [4.78, 5) is 23.3. The third kappa shape index (κ3) is 4.71. The minimum Gasteiger partial charge on any atom is -0.494 e. The Bertz CT molecular complexity index is 1360. The molecule has 192 valence electrons. The summed E-state index contributed by atoms with van der Waals surface area (Å²) in [5, 5.41) is 26.3. The van der Waals surface area contributed by atoms with Crippen molar-refractivity contribution in [2.75, 3.05) is 11.9 Å². The van der Waals surface area contributed by atoms with E-state index in [1.807, 2.05) is 0 Å². The first-order valence-corrected chi connectivity index (χ1v) is 13.1. The molecule has 0 radical (unpaired) electrons. The highest BCUT2D eigenvalue weighted by Gasteiger charge is 2.52. The van der Waals surface area contributed by atoms with E-state index in [0.717, 1.165) is 5.56 Å². The fourth-order valence-electron chi connectivity index (χ4n) is 5.44. The molecule has 37 heavy (non-hydrogen) atoms. The maximum Gasteiger partial charge on any atom is 0.296 e. The van der Waals surface area contributed by atoms with Gasteiger partial charge in [0, 0.05) is 17.2 Å². The van der Waals surface area contributed by atoms with Crippen LogP contribution in [-0.2, 0) is 0 Å². The summed E-state index contributed by atoms with van der Waals surface area (Å²) in [6.07, 6.45) is 0.594. The van der Waals surface area contributed by atoms with Crippen LogP contribution >= 0.6 is 23.4 Å². The molecule has 0 aromatic heterocycles. The van der Waals surface area contributed by atoms with Gasteiger partial charge in [-0.1, -0.05) is 24.3 Å². The van der Waals surface area contributed by atoms with E-state index in [4.69, 9.17) is 16.3 Å². The van der Waals surface area contributed by atoms with Crippen molar-refractivity contribution in [1.82, 2.24) is 0 Å². The average molecular weight is 544 g/mol. The second-order valence-corrected chi connectivity index (χ2v) is 10.8. The van der Waals surface area contributed by atoms with Crippen molar-refractivity contribution in [2.45, 2.75) is 40.8 Å². The van der Waals surface area contributed by atoms with E-state index in [9.17, 15) is 24.6 Å². The van der Waals surface area contributed by atoms with Crippen LogP contribution < -0.4 is 10.1 Å². The number of halogens is 2. The molecule has 1 N–H and O–H groups in total. The van der Waals surface area contributed by atoms with Gasteiger partial charge >= 0.3 is 0 Å². The van der Waals surface area contributed by atoms with E-state index < -0.39 is 15.2 Å². The molecule has 1 fully saturated rings. The maximum absolute atomic E-state index is 13.7. The number of nitro benzene ring substituents is 2. The Kier molecular flexibility index (Phi) is 6.96. The second kappa shape index (κ2) is 10.2. The van der Waals surface area contributed by atoms with Crippen molar-refractivity contribution < 1.29 is 19.0 Å². The van der Waals surface area contributed by atoms with Crippen LogP contribution in [0.5, 0.6) is 5.75 Å². The van der Waals surface area contributed by atoms with Gasteiger partial charge in [0.05, 0.1) is 38.8 Å². The normalized spacial score (nSPS) is 24.0. The van der Waals surface area contributed by atoms with Crippen LogP contribution in [0.3, 0.4) is 0 Å². The number of fused-ring (bicyclic) bond motifs is 3. The Hall–Kier alpha value is -3.37. The molecule has 0 saturated heterocycles. The lowest BCUT2D eigenvalue weighted by Crippen LogP contribution is -2.31. The van der Waals surface area contributed by atoms with Gasteiger partial charge in [-0.2, -0.15) is 0 Å². The zero-order chi connectivity index (χ0) is 26.3. The number of anilines is 1. The summed E-state index contributed by atoms with van der Waals surface area (Å²) >= 11 is 8.46. The summed E-state index contributed by atoms with van der Waals surface area (Å²) in [5.74, 6) is -0.396. The van der Waals surface area contributed by atoms with Crippen LogP contribution in [0.4, 0.5) is 21.5 Å². The Morgan fingerprint density at radius 1 is 1.08 bits per heavy atom. The molecule has 3 aromatic carbocycles. The van der Waals surface area contributed by atoms with Gasteiger partial charge in [0.15, 0.2) is 0 Å². The number of nitrogens with one attached hydrogen (secondary N) is 1. The third-order valence-electron chi connectivity index (χ3n) is 6.95. The minimum absolute atomic E-state index is 0.00844. The molecule has 1 aliphatic heterocycles. The van der Waals surface area contributed by atoms with Crippen LogP contribution in [0.25, 0.3) is 0 Å². The largest absolute Gasteiger partial charge is 0.494 e. The molecule has 0 amide bonds. The Morgan fingerprint density at radius 3 is 2.46 bits per heavy atom. The highest BCUT2D eigenvalue weighted by atomic mass is 35.5. The molecule has 8 nitrogen and oxygen atoms in total. The number of nitro groups is 2. The van der Waals surface area contributed by atoms with E-state index in [1.165, 1.54) is 36.0 Å². The van der Waals surface area contributed by atoms with E-state index in [1.54, 1.807) is 43.3 Å². The molecule has 5 rings (SSSR count). The van der Waals surface area contributed by atoms with E-state index in [-0.39, 0.29) is 40.3 Å². The average Bonchev–Trinajstić information content (AvgIpc) is 3.20. The lowest BCUT2D eigenvalue weighted by Gasteiger charge is -2.38. The number of thioether (sulfide) groups is 1. The number of nitrogens with zero attached hydrogens (tertiary/aromatic N) is 2. The zero-order valence-corrected chi connectivity index (χ0v) is 21.2. The Balaban J connectivity index is 1.61. The summed E-state index contributed by atoms with van der Waals surface area (Å²) in [7, 11) is 0. The van der Waals surface area contributed by atoms with E-state index in [2.05, 4.69) is 5.32 Å². The SMILES string of the molecule is CCOc1cc2c(c([N+](=O)[O-])c1)N[C@H](c1ccc(F)cc1)[C@@H]1C[C@@H](Sc3ccccc3[N+](=O)[O-])[C@@H](Cl)[C@H]21. The molecule has 5 atom stereocenters. The predicted molar refractivity (Wildman–Crippen MR) is 140 cm³/mol. The van der Waals surface area contributed by atoms with E-state index in [0.29, 0.717) is 34.9 Å². The van der Waals surface area contributed by atoms with Crippen LogP contribution in [0, 0.1) is 32.0 Å². The fraction of sp³-hybridized carbons (Fsp3) is 0.308. The van der Waals surface area contributed by atoms with Gasteiger partial charge in [0.1, 0.15) is 17.3 Å². The zero-order valence-electron chi connectivity index (χ0n) is 19.7. The van der Waals surface area contributed by atoms with Crippen molar-refractivity contribution >= 4 is 40.4 Å². The number of hydrogen-bond donors (Lipinski definition) is 1. The molecule has 0 spiro atoms. The van der Waals surface area contributed by atoms with Gasteiger partial charge in [-0.05, 0) is 54.7 Å². The lowest BCUT2D eigenvalue weighted by molar-refractivity contribution is -0.387. The number of rotatable bonds is 7. The predicted octanol–water partition coefficient (Wildman–Crippen LogP) is 7.08. The first-order valence-electron chi connectivity index (χ1n) is 11.8. The monoisotopic (exact) mass is 543 g/mol.